The molecule has 0 aliphatic heterocycles. The predicted molar refractivity (Wildman–Crippen MR) is 64.4 cm³/mol. The third-order valence-electron chi connectivity index (χ3n) is 2.57. The molecule has 0 bridgehead atoms. The van der Waals surface area contributed by atoms with Crippen LogP contribution >= 0.6 is 0 Å². The largest absolute Gasteiger partial charge is 0.465 e. The fourth-order valence-electron chi connectivity index (χ4n) is 1.65. The van der Waals surface area contributed by atoms with E-state index in [0.29, 0.717) is 5.56 Å². The van der Waals surface area contributed by atoms with Gasteiger partial charge < -0.3 is 10.5 Å². The summed E-state index contributed by atoms with van der Waals surface area (Å²) in [5.41, 5.74) is 4.02. The van der Waals surface area contributed by atoms with Crippen molar-refractivity contribution in [1.29, 1.82) is 0 Å². The van der Waals surface area contributed by atoms with Crippen LogP contribution in [0, 0.1) is 0 Å². The quantitative estimate of drug-likeness (QED) is 0.859. The first-order valence-corrected chi connectivity index (χ1v) is 5.79. The molecular formula is C13H16F3NO2. The number of hydrogen-bond donors (Lipinski definition) is 1. The normalized spacial score (nSPS) is 14.8. The van der Waals surface area contributed by atoms with Gasteiger partial charge in [-0.25, -0.2) is 0 Å². The molecule has 0 saturated carbocycles. The van der Waals surface area contributed by atoms with Gasteiger partial charge in [0.2, 0.25) is 0 Å². The van der Waals surface area contributed by atoms with E-state index in [4.69, 9.17) is 10.5 Å². The molecule has 0 fully saturated rings. The van der Waals surface area contributed by atoms with Gasteiger partial charge in [0.15, 0.2) is 0 Å². The first-order chi connectivity index (χ1) is 8.66. The molecule has 1 aromatic rings. The van der Waals surface area contributed by atoms with Crippen LogP contribution in [0.4, 0.5) is 13.2 Å². The van der Waals surface area contributed by atoms with Crippen LogP contribution in [0.1, 0.15) is 25.0 Å². The highest BCUT2D eigenvalue weighted by atomic mass is 19.4. The molecule has 0 saturated heterocycles. The Hall–Kier alpha value is -1.56. The predicted octanol–water partition coefficient (Wildman–Crippen LogP) is 2.53. The molecule has 0 heterocycles. The van der Waals surface area contributed by atoms with Crippen LogP contribution in [0.3, 0.4) is 0 Å². The first kappa shape index (κ1) is 15.5. The van der Waals surface area contributed by atoms with Gasteiger partial charge in [-0.2, -0.15) is 13.2 Å². The number of rotatable bonds is 4. The minimum atomic E-state index is -4.41. The molecule has 0 amide bonds. The van der Waals surface area contributed by atoms with Crippen molar-refractivity contribution in [2.24, 2.45) is 5.73 Å². The van der Waals surface area contributed by atoms with Crippen LogP contribution < -0.4 is 5.73 Å². The van der Waals surface area contributed by atoms with Gasteiger partial charge in [-0.05, 0) is 25.5 Å². The highest BCUT2D eigenvalue weighted by Crippen LogP contribution is 2.30. The summed E-state index contributed by atoms with van der Waals surface area (Å²) in [7, 11) is 0. The summed E-state index contributed by atoms with van der Waals surface area (Å²) < 4.78 is 42.5. The maximum Gasteiger partial charge on any atom is 0.416 e. The summed E-state index contributed by atoms with van der Waals surface area (Å²) in [4.78, 5) is 11.6. The molecule has 2 N–H and O–H groups in total. The summed E-state index contributed by atoms with van der Waals surface area (Å²) in [6.45, 7) is 3.25. The van der Waals surface area contributed by atoms with Crippen LogP contribution in [0.5, 0.6) is 0 Å². The van der Waals surface area contributed by atoms with Crippen LogP contribution in [0.15, 0.2) is 24.3 Å². The topological polar surface area (TPSA) is 52.3 Å². The Morgan fingerprint density at radius 1 is 1.37 bits per heavy atom. The summed E-state index contributed by atoms with van der Waals surface area (Å²) in [6, 6.07) is 4.75. The van der Waals surface area contributed by atoms with Crippen molar-refractivity contribution in [3.63, 3.8) is 0 Å². The second-order valence-electron chi connectivity index (χ2n) is 4.51. The van der Waals surface area contributed by atoms with E-state index in [9.17, 15) is 18.0 Å². The lowest BCUT2D eigenvalue weighted by molar-refractivity contribution is -0.148. The molecule has 3 nitrogen and oxygen atoms in total. The Morgan fingerprint density at radius 2 is 2.00 bits per heavy atom. The van der Waals surface area contributed by atoms with Crippen molar-refractivity contribution in [1.82, 2.24) is 0 Å². The van der Waals surface area contributed by atoms with Crippen molar-refractivity contribution in [3.05, 3.63) is 35.4 Å². The van der Waals surface area contributed by atoms with E-state index in [1.165, 1.54) is 19.1 Å². The molecular weight excluding hydrogens is 259 g/mol. The Bertz CT molecular complexity index is 455. The third-order valence-corrected chi connectivity index (χ3v) is 2.57. The van der Waals surface area contributed by atoms with E-state index >= 15 is 0 Å². The molecule has 1 aromatic carbocycles. The maximum atomic E-state index is 12.6. The van der Waals surface area contributed by atoms with Crippen LogP contribution in [0.25, 0.3) is 0 Å². The molecule has 0 aliphatic rings. The van der Waals surface area contributed by atoms with Crippen molar-refractivity contribution in [2.45, 2.75) is 32.0 Å². The minimum Gasteiger partial charge on any atom is -0.465 e. The van der Waals surface area contributed by atoms with E-state index in [0.717, 1.165) is 12.1 Å². The number of nitrogens with two attached hydrogens (primary N) is 1. The van der Waals surface area contributed by atoms with E-state index < -0.39 is 23.2 Å². The van der Waals surface area contributed by atoms with Gasteiger partial charge in [0.05, 0.1) is 12.2 Å². The zero-order valence-corrected chi connectivity index (χ0v) is 10.8. The lowest BCUT2D eigenvalue weighted by Crippen LogP contribution is -2.48. The summed E-state index contributed by atoms with van der Waals surface area (Å²) in [5, 5.41) is 0. The SMILES string of the molecule is CCOC(=O)[C@@](C)(N)Cc1cccc(C(F)(F)F)c1. The van der Waals surface area contributed by atoms with Gasteiger partial charge in [-0.1, -0.05) is 18.2 Å². The highest BCUT2D eigenvalue weighted by molar-refractivity contribution is 5.80. The summed E-state index contributed by atoms with van der Waals surface area (Å²) >= 11 is 0. The van der Waals surface area contributed by atoms with Gasteiger partial charge in [0.25, 0.3) is 0 Å². The first-order valence-electron chi connectivity index (χ1n) is 5.79. The number of esters is 1. The zero-order chi connectivity index (χ0) is 14.7. The van der Waals surface area contributed by atoms with Gasteiger partial charge in [0, 0.05) is 6.42 Å². The molecule has 19 heavy (non-hydrogen) atoms. The average molecular weight is 275 g/mol. The van der Waals surface area contributed by atoms with Crippen molar-refractivity contribution < 1.29 is 22.7 Å². The number of carbonyl (C=O) groups excluding carboxylic acids is 1. The minimum absolute atomic E-state index is 0.0181. The molecule has 1 atom stereocenters. The number of hydrogen-bond acceptors (Lipinski definition) is 3. The van der Waals surface area contributed by atoms with Crippen molar-refractivity contribution >= 4 is 5.97 Å². The average Bonchev–Trinajstić information content (AvgIpc) is 2.28. The summed E-state index contributed by atoms with van der Waals surface area (Å²) in [6.07, 6.45) is -4.43. The highest BCUT2D eigenvalue weighted by Gasteiger charge is 2.33. The lowest BCUT2D eigenvalue weighted by atomic mass is 9.93. The van der Waals surface area contributed by atoms with Gasteiger partial charge in [-0.15, -0.1) is 0 Å². The number of carbonyl (C=O) groups is 1. The fraction of sp³-hybridized carbons (Fsp3) is 0.462. The van der Waals surface area contributed by atoms with Gasteiger partial charge in [0.1, 0.15) is 5.54 Å². The Kier molecular flexibility index (Phi) is 4.57. The standard InChI is InChI=1S/C13H16F3NO2/c1-3-19-11(18)12(2,17)8-9-5-4-6-10(7-9)13(14,15)16/h4-7H,3,8,17H2,1-2H3/t12-/m0/s1. The third kappa shape index (κ3) is 4.24. The number of halogens is 3. The molecule has 106 valence electrons. The second-order valence-corrected chi connectivity index (χ2v) is 4.51. The Balaban J connectivity index is 2.91. The van der Waals surface area contributed by atoms with Crippen molar-refractivity contribution in [2.75, 3.05) is 6.61 Å². The smallest absolute Gasteiger partial charge is 0.416 e. The van der Waals surface area contributed by atoms with E-state index in [1.807, 2.05) is 0 Å². The number of alkyl halides is 3. The molecule has 6 heteroatoms. The van der Waals surface area contributed by atoms with Crippen LogP contribution in [-0.2, 0) is 22.1 Å². The molecule has 0 aliphatic carbocycles. The van der Waals surface area contributed by atoms with Crippen LogP contribution in [0.2, 0.25) is 0 Å². The van der Waals surface area contributed by atoms with E-state index in [2.05, 4.69) is 0 Å². The zero-order valence-electron chi connectivity index (χ0n) is 10.8. The number of ether oxygens (including phenoxy) is 1. The molecule has 0 spiro atoms. The Labute approximate surface area is 109 Å². The monoisotopic (exact) mass is 275 g/mol. The van der Waals surface area contributed by atoms with E-state index in [1.54, 1.807) is 6.92 Å². The molecule has 0 radical (unpaired) electrons. The lowest BCUT2D eigenvalue weighted by Gasteiger charge is -2.22. The van der Waals surface area contributed by atoms with Crippen molar-refractivity contribution in [3.8, 4) is 0 Å². The Morgan fingerprint density at radius 3 is 2.53 bits per heavy atom. The van der Waals surface area contributed by atoms with Gasteiger partial charge >= 0.3 is 12.1 Å². The second kappa shape index (κ2) is 5.61. The molecule has 0 unspecified atom stereocenters. The molecule has 0 aromatic heterocycles. The maximum absolute atomic E-state index is 12.6. The molecule has 1 rings (SSSR count). The number of benzene rings is 1. The fourth-order valence-corrected chi connectivity index (χ4v) is 1.65. The van der Waals surface area contributed by atoms with Gasteiger partial charge in [-0.3, -0.25) is 4.79 Å². The van der Waals surface area contributed by atoms with Crippen LogP contribution in [-0.4, -0.2) is 18.1 Å². The summed E-state index contributed by atoms with van der Waals surface area (Å²) in [5.74, 6) is -0.632. The van der Waals surface area contributed by atoms with E-state index in [-0.39, 0.29) is 13.0 Å².